The molecule has 0 aliphatic carbocycles. The van der Waals surface area contributed by atoms with Gasteiger partial charge in [0.15, 0.2) is 5.13 Å². The molecule has 0 bridgehead atoms. The number of rotatable bonds is 4. The Morgan fingerprint density at radius 3 is 2.90 bits per heavy atom. The molecule has 0 saturated carbocycles. The molecule has 2 N–H and O–H groups in total. The van der Waals surface area contributed by atoms with Crippen molar-refractivity contribution < 1.29 is 9.18 Å². The van der Waals surface area contributed by atoms with Gasteiger partial charge >= 0.3 is 0 Å². The third-order valence-electron chi connectivity index (χ3n) is 5.23. The van der Waals surface area contributed by atoms with Crippen molar-refractivity contribution in [1.29, 1.82) is 0 Å². The molecule has 0 spiro atoms. The van der Waals surface area contributed by atoms with Crippen LogP contribution in [-0.2, 0) is 4.79 Å². The number of benzene rings is 2. The predicted octanol–water partition coefficient (Wildman–Crippen LogP) is 3.46. The number of nitrogens with one attached hydrogen (secondary N) is 2. The van der Waals surface area contributed by atoms with Gasteiger partial charge in [0.2, 0.25) is 11.9 Å². The van der Waals surface area contributed by atoms with Crippen molar-refractivity contribution in [1.82, 2.24) is 19.9 Å². The van der Waals surface area contributed by atoms with E-state index in [0.717, 1.165) is 54.3 Å². The van der Waals surface area contributed by atoms with Crippen molar-refractivity contribution in [3.63, 3.8) is 0 Å². The number of H-pyrrole nitrogens is 1. The first-order chi connectivity index (χ1) is 14.6. The summed E-state index contributed by atoms with van der Waals surface area (Å²) < 4.78 is 14.1. The van der Waals surface area contributed by atoms with Crippen molar-refractivity contribution in [3.05, 3.63) is 48.3 Å². The molecule has 2 aromatic carbocycles. The van der Waals surface area contributed by atoms with Crippen LogP contribution in [0.4, 0.5) is 15.5 Å². The zero-order valence-electron chi connectivity index (χ0n) is 16.3. The Morgan fingerprint density at radius 1 is 1.10 bits per heavy atom. The maximum absolute atomic E-state index is 13.3. The molecule has 154 valence electrons. The Hall–Kier alpha value is -3.04. The summed E-state index contributed by atoms with van der Waals surface area (Å²) in [6.45, 7) is 3.61. The normalized spacial score (nSPS) is 15.6. The highest BCUT2D eigenvalue weighted by molar-refractivity contribution is 7.22. The molecule has 0 radical (unpaired) electrons. The topological polar surface area (TPSA) is 77.2 Å². The highest BCUT2D eigenvalue weighted by atomic mass is 32.1. The van der Waals surface area contributed by atoms with E-state index < -0.39 is 0 Å². The first kappa shape index (κ1) is 19.0. The maximum atomic E-state index is 13.3. The number of aromatic nitrogens is 3. The number of amides is 1. The van der Waals surface area contributed by atoms with Crippen LogP contribution in [0.2, 0.25) is 0 Å². The second kappa shape index (κ2) is 8.00. The fourth-order valence-corrected chi connectivity index (χ4v) is 4.65. The number of carbonyl (C=O) groups is 1. The predicted molar refractivity (Wildman–Crippen MR) is 118 cm³/mol. The van der Waals surface area contributed by atoms with E-state index in [4.69, 9.17) is 0 Å². The van der Waals surface area contributed by atoms with Gasteiger partial charge in [-0.25, -0.2) is 14.4 Å². The van der Waals surface area contributed by atoms with Gasteiger partial charge < -0.3 is 15.2 Å². The van der Waals surface area contributed by atoms with Crippen molar-refractivity contribution in [2.24, 2.45) is 0 Å². The minimum Gasteiger partial charge on any atom is -0.341 e. The summed E-state index contributed by atoms with van der Waals surface area (Å²) in [4.78, 5) is 29.3. The number of anilines is 2. The van der Waals surface area contributed by atoms with Gasteiger partial charge in [-0.05, 0) is 36.8 Å². The molecular formula is C21H21FN6OS. The van der Waals surface area contributed by atoms with E-state index in [1.807, 2.05) is 24.3 Å². The van der Waals surface area contributed by atoms with Crippen LogP contribution in [0.3, 0.4) is 0 Å². The number of nitrogens with zero attached hydrogens (tertiary/aromatic N) is 4. The number of hydrogen-bond donors (Lipinski definition) is 2. The van der Waals surface area contributed by atoms with Crippen molar-refractivity contribution in [2.45, 2.75) is 6.42 Å². The first-order valence-electron chi connectivity index (χ1n) is 9.92. The summed E-state index contributed by atoms with van der Waals surface area (Å²) in [5, 5.41) is 3.35. The van der Waals surface area contributed by atoms with Crippen LogP contribution in [0.1, 0.15) is 6.42 Å². The Balaban J connectivity index is 1.19. The number of thiazole rings is 1. The van der Waals surface area contributed by atoms with Crippen molar-refractivity contribution in [3.8, 4) is 0 Å². The number of fused-ring (bicyclic) bond motifs is 2. The lowest BCUT2D eigenvalue weighted by molar-refractivity contribution is -0.117. The Bertz CT molecular complexity index is 1170. The van der Waals surface area contributed by atoms with Gasteiger partial charge in [-0.3, -0.25) is 9.69 Å². The van der Waals surface area contributed by atoms with E-state index in [1.54, 1.807) is 6.07 Å². The van der Waals surface area contributed by atoms with Crippen LogP contribution >= 0.6 is 11.3 Å². The zero-order valence-corrected chi connectivity index (χ0v) is 17.1. The van der Waals surface area contributed by atoms with Crippen LogP contribution in [0, 0.1) is 5.82 Å². The molecule has 0 atom stereocenters. The van der Waals surface area contributed by atoms with E-state index in [1.165, 1.54) is 23.5 Å². The summed E-state index contributed by atoms with van der Waals surface area (Å²) in [5.41, 5.74) is 2.68. The van der Waals surface area contributed by atoms with Gasteiger partial charge in [-0.15, -0.1) is 0 Å². The summed E-state index contributed by atoms with van der Waals surface area (Å²) in [6, 6.07) is 12.4. The number of imidazole rings is 1. The van der Waals surface area contributed by atoms with Crippen molar-refractivity contribution >= 4 is 49.6 Å². The molecule has 3 heterocycles. The first-order valence-corrected chi connectivity index (χ1v) is 10.7. The van der Waals surface area contributed by atoms with Gasteiger partial charge in [-0.2, -0.15) is 0 Å². The highest BCUT2D eigenvalue weighted by Crippen LogP contribution is 2.26. The van der Waals surface area contributed by atoms with Crippen LogP contribution < -0.4 is 10.2 Å². The molecular weight excluding hydrogens is 403 g/mol. The minimum atomic E-state index is -0.303. The number of para-hydroxylation sites is 2. The number of carbonyl (C=O) groups excluding carboxylic acids is 1. The van der Waals surface area contributed by atoms with E-state index in [-0.39, 0.29) is 11.7 Å². The number of hydrogen-bond acceptors (Lipinski definition) is 6. The molecule has 1 fully saturated rings. The lowest BCUT2D eigenvalue weighted by atomic mass is 10.3. The largest absolute Gasteiger partial charge is 0.341 e. The smallest absolute Gasteiger partial charge is 0.240 e. The Kier molecular flexibility index (Phi) is 5.06. The van der Waals surface area contributed by atoms with E-state index in [9.17, 15) is 9.18 Å². The van der Waals surface area contributed by atoms with Crippen LogP contribution in [-0.4, -0.2) is 58.5 Å². The van der Waals surface area contributed by atoms with Crippen molar-refractivity contribution in [2.75, 3.05) is 42.9 Å². The fraction of sp³-hybridized carbons (Fsp3) is 0.286. The van der Waals surface area contributed by atoms with Crippen LogP contribution in [0.5, 0.6) is 0 Å². The zero-order chi connectivity index (χ0) is 20.5. The molecule has 1 amide bonds. The van der Waals surface area contributed by atoms with Gasteiger partial charge in [0.05, 0.1) is 27.8 Å². The lowest BCUT2D eigenvalue weighted by Crippen LogP contribution is -2.36. The number of aromatic amines is 1. The number of halogens is 1. The molecule has 30 heavy (non-hydrogen) atoms. The maximum Gasteiger partial charge on any atom is 0.240 e. The van der Waals surface area contributed by atoms with Gasteiger partial charge in [0, 0.05) is 26.2 Å². The van der Waals surface area contributed by atoms with Gasteiger partial charge in [-0.1, -0.05) is 23.5 Å². The third-order valence-corrected chi connectivity index (χ3v) is 6.16. The summed E-state index contributed by atoms with van der Waals surface area (Å²) in [7, 11) is 0. The second-order valence-corrected chi connectivity index (χ2v) is 8.40. The summed E-state index contributed by atoms with van der Waals surface area (Å²) in [5.74, 6) is 0.471. The molecule has 1 aliphatic heterocycles. The summed E-state index contributed by atoms with van der Waals surface area (Å²) in [6.07, 6.45) is 0.949. The molecule has 2 aromatic heterocycles. The summed E-state index contributed by atoms with van der Waals surface area (Å²) >= 11 is 1.28. The SMILES string of the molecule is O=C(CN1CCCN(c2nc3ccccc3[nH]2)CC1)Nc1nc2ccc(F)cc2s1. The van der Waals surface area contributed by atoms with Gasteiger partial charge in [0.1, 0.15) is 5.82 Å². The van der Waals surface area contributed by atoms with Gasteiger partial charge in [0.25, 0.3) is 0 Å². The standard InChI is InChI=1S/C21H21FN6OS/c22-14-6-7-17-18(12-14)30-21(25-17)26-19(29)13-27-8-3-9-28(11-10-27)20-23-15-4-1-2-5-16(15)24-20/h1-2,4-7,12H,3,8-11,13H2,(H,23,24)(H,25,26,29). The quantitative estimate of drug-likeness (QED) is 0.525. The second-order valence-electron chi connectivity index (χ2n) is 7.37. The lowest BCUT2D eigenvalue weighted by Gasteiger charge is -2.20. The monoisotopic (exact) mass is 424 g/mol. The fourth-order valence-electron chi connectivity index (χ4n) is 3.74. The van der Waals surface area contributed by atoms with Crippen LogP contribution in [0.25, 0.3) is 21.3 Å². The Morgan fingerprint density at radius 2 is 2.00 bits per heavy atom. The Labute approximate surface area is 176 Å². The average Bonchev–Trinajstić information content (AvgIpc) is 3.25. The average molecular weight is 425 g/mol. The third kappa shape index (κ3) is 3.99. The molecule has 0 unspecified atom stereocenters. The molecule has 7 nitrogen and oxygen atoms in total. The van der Waals surface area contributed by atoms with E-state index in [0.29, 0.717) is 17.2 Å². The molecule has 1 aliphatic rings. The van der Waals surface area contributed by atoms with E-state index in [2.05, 4.69) is 30.1 Å². The molecule has 1 saturated heterocycles. The highest BCUT2D eigenvalue weighted by Gasteiger charge is 2.20. The molecule has 9 heteroatoms. The molecule has 5 rings (SSSR count). The minimum absolute atomic E-state index is 0.105. The van der Waals surface area contributed by atoms with Crippen LogP contribution in [0.15, 0.2) is 42.5 Å². The molecule has 4 aromatic rings. The van der Waals surface area contributed by atoms with E-state index >= 15 is 0 Å².